The monoisotopic (exact) mass is 332 g/mol. The first kappa shape index (κ1) is 13.9. The maximum absolute atomic E-state index is 5.78. The van der Waals surface area contributed by atoms with Gasteiger partial charge in [-0.2, -0.15) is 4.76 Å². The van der Waals surface area contributed by atoms with Crippen molar-refractivity contribution >= 4 is 51.0 Å². The summed E-state index contributed by atoms with van der Waals surface area (Å²) in [7, 11) is 3.80. The molecule has 0 saturated heterocycles. The summed E-state index contributed by atoms with van der Waals surface area (Å²) < 4.78 is 12.6. The molecule has 1 aliphatic heterocycles. The number of aryl methyl sites for hydroxylation is 1. The number of fused-ring (bicyclic) bond motifs is 3. The van der Waals surface area contributed by atoms with E-state index < -0.39 is 5.54 Å². The van der Waals surface area contributed by atoms with Gasteiger partial charge < -0.3 is 9.41 Å². The molecule has 0 aromatic carbocycles. The summed E-state index contributed by atoms with van der Waals surface area (Å²) in [4.78, 5) is 1.51. The van der Waals surface area contributed by atoms with E-state index in [9.17, 15) is 0 Å². The molecule has 0 saturated carbocycles. The molecule has 104 valence electrons. The van der Waals surface area contributed by atoms with Gasteiger partial charge in [0.05, 0.1) is 12.7 Å². The quantitative estimate of drug-likeness (QED) is 0.724. The summed E-state index contributed by atoms with van der Waals surface area (Å²) >= 11 is 9.35. The highest BCUT2D eigenvalue weighted by atomic mass is 32.9. The summed E-state index contributed by atoms with van der Waals surface area (Å²) in [5, 5.41) is 1.27. The van der Waals surface area contributed by atoms with Gasteiger partial charge in [-0.1, -0.05) is 11.4 Å². The molecule has 19 heavy (non-hydrogen) atoms. The highest BCUT2D eigenvalue weighted by Gasteiger charge is 2.36. The van der Waals surface area contributed by atoms with Crippen LogP contribution in [-0.2, 0) is 29.4 Å². The van der Waals surface area contributed by atoms with E-state index in [-0.39, 0.29) is 0 Å². The van der Waals surface area contributed by atoms with Crippen LogP contribution in [0.15, 0.2) is 4.76 Å². The van der Waals surface area contributed by atoms with Crippen LogP contribution in [0, 0.1) is 0 Å². The third-order valence-electron chi connectivity index (χ3n) is 3.69. The molecule has 1 atom stereocenters. The molecule has 3 nitrogen and oxygen atoms in total. The van der Waals surface area contributed by atoms with Gasteiger partial charge >= 0.3 is 0 Å². The van der Waals surface area contributed by atoms with Gasteiger partial charge in [-0.25, -0.2) is 0 Å². The van der Waals surface area contributed by atoms with Gasteiger partial charge in [-0.3, -0.25) is 0 Å². The fraction of sp³-hybridized carbons (Fsp3) is 0.583. The number of methoxy groups -OCH3 is 1. The van der Waals surface area contributed by atoms with E-state index in [0.29, 0.717) is 0 Å². The normalized spacial score (nSPS) is 25.6. The molecule has 3 rings (SSSR count). The Morgan fingerprint density at radius 2 is 2.16 bits per heavy atom. The summed E-state index contributed by atoms with van der Waals surface area (Å²) in [6.45, 7) is 0. The molecule has 0 N–H and O–H groups in total. The number of hydrogen-bond donors (Lipinski definition) is 0. The summed E-state index contributed by atoms with van der Waals surface area (Å²) in [5.41, 5.74) is 0.740. The van der Waals surface area contributed by atoms with E-state index in [1.165, 1.54) is 40.3 Å². The van der Waals surface area contributed by atoms with E-state index in [1.807, 2.05) is 17.6 Å². The molecule has 1 aromatic heterocycles. The summed E-state index contributed by atoms with van der Waals surface area (Å²) in [5.74, 6) is 0.769. The first-order valence-corrected chi connectivity index (χ1v) is 11.6. The van der Waals surface area contributed by atoms with Gasteiger partial charge in [-0.15, -0.1) is 11.3 Å². The first-order chi connectivity index (χ1) is 9.10. The van der Waals surface area contributed by atoms with E-state index >= 15 is 0 Å². The van der Waals surface area contributed by atoms with E-state index in [2.05, 4.69) is 11.7 Å². The molecule has 0 fully saturated rings. The molecule has 0 unspecified atom stereocenters. The van der Waals surface area contributed by atoms with Gasteiger partial charge in [0.1, 0.15) is 5.00 Å². The number of thiophene rings is 1. The number of hydrogen-bond acceptors (Lipinski definition) is 4. The second kappa shape index (κ2) is 5.06. The maximum atomic E-state index is 5.78. The minimum Gasteiger partial charge on any atom is -0.480 e. The van der Waals surface area contributed by atoms with Crippen LogP contribution in [0.25, 0.3) is 0 Å². The molecule has 0 bridgehead atoms. The Balaban J connectivity index is 2.21. The molecular weight excluding hydrogens is 315 g/mol. The topological polar surface area (TPSA) is 24.8 Å². The highest BCUT2D eigenvalue weighted by molar-refractivity contribution is 8.70. The molecule has 2 heterocycles. The predicted molar refractivity (Wildman–Crippen MR) is 90.7 cm³/mol. The average molecular weight is 332 g/mol. The average Bonchev–Trinajstić information content (AvgIpc) is 2.82. The third-order valence-corrected chi connectivity index (χ3v) is 11.8. The second-order valence-corrected chi connectivity index (χ2v) is 12.8. The van der Waals surface area contributed by atoms with Crippen LogP contribution in [0.1, 0.15) is 28.8 Å². The lowest BCUT2D eigenvalue weighted by molar-refractivity contribution is 0.405. The van der Waals surface area contributed by atoms with Gasteiger partial charge in [0.25, 0.3) is 0 Å². The minimum atomic E-state index is -1.94. The lowest BCUT2D eigenvalue weighted by Crippen LogP contribution is -2.20. The minimum absolute atomic E-state index is 0.769. The van der Waals surface area contributed by atoms with Crippen molar-refractivity contribution in [1.29, 1.82) is 0 Å². The highest BCUT2D eigenvalue weighted by Crippen LogP contribution is 2.67. The lowest BCUT2D eigenvalue weighted by Gasteiger charge is -2.32. The number of rotatable bonds is 1. The molecular formula is C12H17N2OPS3. The van der Waals surface area contributed by atoms with Crippen LogP contribution >= 0.6 is 28.3 Å². The standard InChI is InChI=1S/C12H17N2OPS3/c1-14-12-10(8-6-4-5-7-9(8)19-12)11(15-2)13-16(14,17)18-3/h4-7H2,1-3H3/t16-/m1/s1. The Kier molecular flexibility index (Phi) is 3.71. The third kappa shape index (κ3) is 2.08. The second-order valence-electron chi connectivity index (χ2n) is 4.70. The van der Waals surface area contributed by atoms with Crippen molar-refractivity contribution in [3.8, 4) is 0 Å². The Bertz CT molecular complexity index is 596. The van der Waals surface area contributed by atoms with Crippen LogP contribution in [0.5, 0.6) is 0 Å². The maximum Gasteiger partial charge on any atom is 0.225 e. The molecule has 0 amide bonds. The molecule has 1 aliphatic carbocycles. The van der Waals surface area contributed by atoms with E-state index in [0.717, 1.165) is 12.3 Å². The molecule has 7 heteroatoms. The predicted octanol–water partition coefficient (Wildman–Crippen LogP) is 4.06. The smallest absolute Gasteiger partial charge is 0.225 e. The lowest BCUT2D eigenvalue weighted by atomic mass is 9.95. The van der Waals surface area contributed by atoms with Crippen molar-refractivity contribution < 1.29 is 4.74 Å². The zero-order valence-electron chi connectivity index (χ0n) is 11.3. The van der Waals surface area contributed by atoms with Crippen molar-refractivity contribution in [3.63, 3.8) is 0 Å². The van der Waals surface area contributed by atoms with Crippen LogP contribution < -0.4 is 4.67 Å². The fourth-order valence-electron chi connectivity index (χ4n) is 2.65. The largest absolute Gasteiger partial charge is 0.480 e. The molecule has 0 radical (unpaired) electrons. The fourth-order valence-corrected chi connectivity index (χ4v) is 7.81. The first-order valence-electron chi connectivity index (χ1n) is 6.30. The Morgan fingerprint density at radius 1 is 1.42 bits per heavy atom. The van der Waals surface area contributed by atoms with Gasteiger partial charge in [0.15, 0.2) is 0 Å². The molecule has 1 aromatic rings. The zero-order chi connectivity index (χ0) is 13.6. The van der Waals surface area contributed by atoms with Crippen molar-refractivity contribution in [2.45, 2.75) is 25.7 Å². The van der Waals surface area contributed by atoms with Crippen LogP contribution in [0.4, 0.5) is 5.00 Å². The van der Waals surface area contributed by atoms with Crippen molar-refractivity contribution in [2.24, 2.45) is 4.76 Å². The van der Waals surface area contributed by atoms with Gasteiger partial charge in [-0.05, 0) is 49.3 Å². The van der Waals surface area contributed by atoms with E-state index in [4.69, 9.17) is 21.3 Å². The Hall–Kier alpha value is -0.0300. The number of ether oxygens (including phenoxy) is 1. The Labute approximate surface area is 127 Å². The van der Waals surface area contributed by atoms with E-state index in [1.54, 1.807) is 18.5 Å². The van der Waals surface area contributed by atoms with Crippen molar-refractivity contribution in [2.75, 3.05) is 25.1 Å². The zero-order valence-corrected chi connectivity index (χ0v) is 14.6. The summed E-state index contributed by atoms with van der Waals surface area (Å²) in [6.07, 6.45) is 6.96. The SMILES string of the molecule is COC1=N[P@@](=S)(SC)N(C)c2sc3c(c21)CCCC3. The van der Waals surface area contributed by atoms with Crippen molar-refractivity contribution in [1.82, 2.24) is 0 Å². The van der Waals surface area contributed by atoms with Gasteiger partial charge in [0.2, 0.25) is 11.4 Å². The number of anilines is 1. The van der Waals surface area contributed by atoms with Gasteiger partial charge in [0, 0.05) is 11.9 Å². The Morgan fingerprint density at radius 3 is 2.84 bits per heavy atom. The van der Waals surface area contributed by atoms with Crippen LogP contribution in [0.3, 0.4) is 0 Å². The van der Waals surface area contributed by atoms with Crippen LogP contribution in [-0.4, -0.2) is 26.3 Å². The van der Waals surface area contributed by atoms with Crippen LogP contribution in [0.2, 0.25) is 0 Å². The molecule has 0 spiro atoms. The molecule has 2 aliphatic rings. The van der Waals surface area contributed by atoms with Crippen molar-refractivity contribution in [3.05, 3.63) is 16.0 Å². The summed E-state index contributed by atoms with van der Waals surface area (Å²) in [6, 6.07) is 0. The number of nitrogens with zero attached hydrogens (tertiary/aromatic N) is 2.